The zero-order valence-corrected chi connectivity index (χ0v) is 20.7. The Morgan fingerprint density at radius 3 is 2.34 bits per heavy atom. The molecule has 3 aromatic rings. The van der Waals surface area contributed by atoms with Gasteiger partial charge in [0.15, 0.2) is 5.75 Å². The lowest BCUT2D eigenvalue weighted by Crippen LogP contribution is -2.52. The number of nitrogens with zero attached hydrogens (tertiary/aromatic N) is 4. The number of fused-ring (bicyclic) bond motifs is 1. The van der Waals surface area contributed by atoms with E-state index < -0.39 is 16.1 Å². The molecule has 0 unspecified atom stereocenters. The van der Waals surface area contributed by atoms with E-state index in [-0.39, 0.29) is 18.5 Å². The Hall–Kier alpha value is -3.92. The highest BCUT2D eigenvalue weighted by Gasteiger charge is 2.34. The van der Waals surface area contributed by atoms with Crippen molar-refractivity contribution in [3.63, 3.8) is 0 Å². The van der Waals surface area contributed by atoms with Crippen LogP contribution in [0.2, 0.25) is 0 Å². The number of aromatic nitrogens is 1. The molecular formula is C25H26N4O5S. The van der Waals surface area contributed by atoms with Gasteiger partial charge in [-0.25, -0.2) is 13.2 Å². The number of amides is 2. The summed E-state index contributed by atoms with van der Waals surface area (Å²) >= 11 is 0. The number of ether oxygens (including phenoxy) is 1. The summed E-state index contributed by atoms with van der Waals surface area (Å²) < 4.78 is 30.4. The van der Waals surface area contributed by atoms with Crippen LogP contribution in [0.3, 0.4) is 0 Å². The van der Waals surface area contributed by atoms with Gasteiger partial charge in [-0.05, 0) is 54.4 Å². The van der Waals surface area contributed by atoms with Crippen molar-refractivity contribution in [1.82, 2.24) is 4.98 Å². The Bertz CT molecular complexity index is 1360. The fourth-order valence-electron chi connectivity index (χ4n) is 4.08. The number of carbonyl (C=O) groups is 2. The number of sulfonamides is 1. The van der Waals surface area contributed by atoms with E-state index in [2.05, 4.69) is 4.98 Å². The molecule has 2 heterocycles. The minimum atomic E-state index is -3.37. The van der Waals surface area contributed by atoms with Gasteiger partial charge in [0, 0.05) is 26.7 Å². The Kier molecular flexibility index (Phi) is 6.49. The van der Waals surface area contributed by atoms with Crippen LogP contribution in [0.25, 0.3) is 11.1 Å². The third kappa shape index (κ3) is 4.97. The Morgan fingerprint density at radius 2 is 1.74 bits per heavy atom. The summed E-state index contributed by atoms with van der Waals surface area (Å²) in [6.07, 6.45) is 3.62. The smallest absolute Gasteiger partial charge is 0.408 e. The third-order valence-electron chi connectivity index (χ3n) is 5.87. The Balaban J connectivity index is 1.72. The number of rotatable bonds is 4. The van der Waals surface area contributed by atoms with Crippen LogP contribution in [0, 0.1) is 0 Å². The molecule has 0 aliphatic carbocycles. The summed E-state index contributed by atoms with van der Waals surface area (Å²) in [6, 6.07) is 15.6. The maximum atomic E-state index is 13.1. The molecule has 10 heteroatoms. The first-order valence-corrected chi connectivity index (χ1v) is 12.8. The van der Waals surface area contributed by atoms with Crippen molar-refractivity contribution in [1.29, 1.82) is 0 Å². The number of anilines is 3. The summed E-state index contributed by atoms with van der Waals surface area (Å²) in [7, 11) is -1.88. The number of pyridine rings is 1. The fourth-order valence-corrected chi connectivity index (χ4v) is 4.58. The predicted octanol–water partition coefficient (Wildman–Crippen LogP) is 3.90. The monoisotopic (exact) mass is 494 g/mol. The SMILES string of the molecule is CC(=O)N1c2ccc(-c3ccc(N(C)S(C)(=O)=O)cc3)cc2N(C(=O)Oc2cccnc2)C[C@@H]1C. The molecule has 182 valence electrons. The minimum absolute atomic E-state index is 0.125. The number of benzene rings is 2. The predicted molar refractivity (Wildman–Crippen MR) is 135 cm³/mol. The van der Waals surface area contributed by atoms with Crippen molar-refractivity contribution in [3.8, 4) is 16.9 Å². The van der Waals surface area contributed by atoms with Crippen LogP contribution in [0.4, 0.5) is 21.9 Å². The Labute approximate surface area is 204 Å². The van der Waals surface area contributed by atoms with E-state index >= 15 is 0 Å². The zero-order chi connectivity index (χ0) is 25.3. The lowest BCUT2D eigenvalue weighted by molar-refractivity contribution is -0.117. The van der Waals surface area contributed by atoms with Gasteiger partial charge in [0.25, 0.3) is 0 Å². The molecule has 1 atom stereocenters. The highest BCUT2D eigenvalue weighted by molar-refractivity contribution is 7.92. The minimum Gasteiger partial charge on any atom is -0.408 e. The van der Waals surface area contributed by atoms with Gasteiger partial charge >= 0.3 is 6.09 Å². The van der Waals surface area contributed by atoms with Gasteiger partial charge in [0.1, 0.15) is 0 Å². The summed E-state index contributed by atoms with van der Waals surface area (Å²) in [5, 5.41) is 0. The van der Waals surface area contributed by atoms with Crippen molar-refractivity contribution < 1.29 is 22.7 Å². The maximum absolute atomic E-state index is 13.1. The molecule has 1 aromatic heterocycles. The number of hydrogen-bond donors (Lipinski definition) is 0. The van der Waals surface area contributed by atoms with Crippen molar-refractivity contribution in [3.05, 3.63) is 67.0 Å². The molecule has 0 bridgehead atoms. The molecule has 2 amide bonds. The lowest BCUT2D eigenvalue weighted by Gasteiger charge is -2.40. The second-order valence-electron chi connectivity index (χ2n) is 8.39. The van der Waals surface area contributed by atoms with E-state index in [9.17, 15) is 18.0 Å². The van der Waals surface area contributed by atoms with E-state index in [1.54, 1.807) is 35.4 Å². The Morgan fingerprint density at radius 1 is 1.06 bits per heavy atom. The van der Waals surface area contributed by atoms with Crippen LogP contribution in [0.1, 0.15) is 13.8 Å². The zero-order valence-electron chi connectivity index (χ0n) is 19.9. The molecule has 0 N–H and O–H groups in total. The van der Waals surface area contributed by atoms with Gasteiger partial charge in [-0.2, -0.15) is 0 Å². The third-order valence-corrected chi connectivity index (χ3v) is 7.08. The van der Waals surface area contributed by atoms with Crippen molar-refractivity contribution >= 4 is 39.1 Å². The second kappa shape index (κ2) is 9.38. The van der Waals surface area contributed by atoms with Gasteiger partial charge in [-0.3, -0.25) is 19.0 Å². The average Bonchev–Trinajstić information content (AvgIpc) is 2.82. The highest BCUT2D eigenvalue weighted by atomic mass is 32.2. The van der Waals surface area contributed by atoms with Gasteiger partial charge in [-0.1, -0.05) is 18.2 Å². The molecular weight excluding hydrogens is 468 g/mol. The fraction of sp³-hybridized carbons (Fsp3) is 0.240. The lowest BCUT2D eigenvalue weighted by atomic mass is 10.0. The first-order valence-electron chi connectivity index (χ1n) is 10.9. The van der Waals surface area contributed by atoms with Crippen LogP contribution in [-0.2, 0) is 14.8 Å². The topological polar surface area (TPSA) is 100 Å². The van der Waals surface area contributed by atoms with Gasteiger partial charge in [-0.15, -0.1) is 0 Å². The molecule has 1 aliphatic rings. The molecule has 35 heavy (non-hydrogen) atoms. The van der Waals surface area contributed by atoms with E-state index in [4.69, 9.17) is 4.74 Å². The first kappa shape index (κ1) is 24.2. The molecule has 9 nitrogen and oxygen atoms in total. The molecule has 0 spiro atoms. The molecule has 0 saturated heterocycles. The summed E-state index contributed by atoms with van der Waals surface area (Å²) in [5.41, 5.74) is 3.31. The first-order chi connectivity index (χ1) is 16.6. The largest absolute Gasteiger partial charge is 0.419 e. The van der Waals surface area contributed by atoms with Crippen LogP contribution in [0.5, 0.6) is 5.75 Å². The molecule has 4 rings (SSSR count). The van der Waals surface area contributed by atoms with Gasteiger partial charge in [0.2, 0.25) is 15.9 Å². The van der Waals surface area contributed by atoms with Crippen LogP contribution in [-0.4, -0.2) is 51.3 Å². The second-order valence-corrected chi connectivity index (χ2v) is 10.4. The van der Waals surface area contributed by atoms with Crippen LogP contribution in [0.15, 0.2) is 67.0 Å². The van der Waals surface area contributed by atoms with Gasteiger partial charge < -0.3 is 9.64 Å². The van der Waals surface area contributed by atoms with Crippen molar-refractivity contribution in [2.45, 2.75) is 19.9 Å². The van der Waals surface area contributed by atoms with Crippen LogP contribution < -0.4 is 18.8 Å². The number of carbonyl (C=O) groups excluding carboxylic acids is 2. The van der Waals surface area contributed by atoms with Gasteiger partial charge in [0.05, 0.1) is 35.6 Å². The molecule has 0 saturated carbocycles. The molecule has 2 aromatic carbocycles. The van der Waals surface area contributed by atoms with Crippen LogP contribution >= 0.6 is 0 Å². The summed E-state index contributed by atoms with van der Waals surface area (Å²) in [4.78, 5) is 32.7. The van der Waals surface area contributed by atoms with E-state index in [1.807, 2.05) is 37.3 Å². The molecule has 1 aliphatic heterocycles. The van der Waals surface area contributed by atoms with Crippen molar-refractivity contribution in [2.24, 2.45) is 0 Å². The molecule has 0 radical (unpaired) electrons. The highest BCUT2D eigenvalue weighted by Crippen LogP contribution is 2.39. The van der Waals surface area contributed by atoms with Crippen molar-refractivity contribution in [2.75, 3.05) is 34.0 Å². The maximum Gasteiger partial charge on any atom is 0.419 e. The van der Waals surface area contributed by atoms with E-state index in [1.165, 1.54) is 29.4 Å². The molecule has 0 fully saturated rings. The summed E-state index contributed by atoms with van der Waals surface area (Å²) in [5.74, 6) is 0.197. The number of hydrogen-bond acceptors (Lipinski definition) is 6. The normalized spacial score (nSPS) is 15.4. The quantitative estimate of drug-likeness (QED) is 0.545. The average molecular weight is 495 g/mol. The summed E-state index contributed by atoms with van der Waals surface area (Å²) in [6.45, 7) is 3.63. The van der Waals surface area contributed by atoms with E-state index in [0.29, 0.717) is 22.8 Å². The standard InChI is InChI=1S/C25H26N4O5S/c1-17-16-28(25(31)34-22-6-5-13-26-15-22)24-14-20(9-12-23(24)29(17)18(2)30)19-7-10-21(11-8-19)27(3)35(4,32)33/h5-15,17H,16H2,1-4H3/t17-/m0/s1. The van der Waals surface area contributed by atoms with E-state index in [0.717, 1.165) is 17.4 Å².